The first kappa shape index (κ1) is 12.5. The standard InChI is InChI=1S/C17H13N5/c1-2-6-14-13(5-1)12(9-10-18-14)11-19-22-17-20-15-7-3-4-8-16(15)21-17/h1-11H,(H2,20,21,22)/b19-11+. The highest BCUT2D eigenvalue weighted by atomic mass is 15.3. The molecule has 0 fully saturated rings. The van der Waals surface area contributed by atoms with Crippen molar-refractivity contribution < 1.29 is 0 Å². The molecule has 0 bridgehead atoms. The number of hydrogen-bond acceptors (Lipinski definition) is 4. The molecule has 0 saturated carbocycles. The first-order valence-corrected chi connectivity index (χ1v) is 6.98. The molecule has 0 aliphatic carbocycles. The van der Waals surface area contributed by atoms with Crippen molar-refractivity contribution in [3.05, 3.63) is 66.4 Å². The summed E-state index contributed by atoms with van der Waals surface area (Å²) in [4.78, 5) is 11.9. The lowest BCUT2D eigenvalue weighted by atomic mass is 10.1. The number of nitrogens with one attached hydrogen (secondary N) is 2. The third-order valence-electron chi connectivity index (χ3n) is 3.45. The highest BCUT2D eigenvalue weighted by Crippen LogP contribution is 2.15. The van der Waals surface area contributed by atoms with Crippen LogP contribution in [0, 0.1) is 0 Å². The zero-order valence-electron chi connectivity index (χ0n) is 11.7. The van der Waals surface area contributed by atoms with Gasteiger partial charge in [0.2, 0.25) is 5.95 Å². The van der Waals surface area contributed by atoms with E-state index in [0.29, 0.717) is 5.95 Å². The number of nitrogens with zero attached hydrogens (tertiary/aromatic N) is 3. The summed E-state index contributed by atoms with van der Waals surface area (Å²) in [5.41, 5.74) is 6.78. The molecule has 2 aromatic heterocycles. The van der Waals surface area contributed by atoms with E-state index in [1.54, 1.807) is 12.4 Å². The first-order valence-electron chi connectivity index (χ1n) is 6.98. The second kappa shape index (κ2) is 5.29. The van der Waals surface area contributed by atoms with Gasteiger partial charge in [-0.2, -0.15) is 5.10 Å². The van der Waals surface area contributed by atoms with E-state index in [-0.39, 0.29) is 0 Å². The number of imidazole rings is 1. The number of benzene rings is 2. The Morgan fingerprint density at radius 1 is 0.955 bits per heavy atom. The van der Waals surface area contributed by atoms with Crippen molar-refractivity contribution in [2.24, 2.45) is 5.10 Å². The lowest BCUT2D eigenvalue weighted by Crippen LogP contribution is -1.93. The van der Waals surface area contributed by atoms with Crippen LogP contribution >= 0.6 is 0 Å². The monoisotopic (exact) mass is 287 g/mol. The van der Waals surface area contributed by atoms with E-state index in [9.17, 15) is 0 Å². The summed E-state index contributed by atoms with van der Waals surface area (Å²) in [6.07, 6.45) is 3.56. The van der Waals surface area contributed by atoms with E-state index in [4.69, 9.17) is 0 Å². The summed E-state index contributed by atoms with van der Waals surface area (Å²) >= 11 is 0. The number of hydrazone groups is 1. The fourth-order valence-corrected chi connectivity index (χ4v) is 2.40. The summed E-state index contributed by atoms with van der Waals surface area (Å²) in [6.45, 7) is 0. The number of pyridine rings is 1. The van der Waals surface area contributed by atoms with E-state index in [1.807, 2.05) is 54.6 Å². The molecule has 0 amide bonds. The second-order valence-electron chi connectivity index (χ2n) is 4.89. The summed E-state index contributed by atoms with van der Waals surface area (Å²) in [7, 11) is 0. The molecule has 106 valence electrons. The van der Waals surface area contributed by atoms with Crippen LogP contribution in [0.1, 0.15) is 5.56 Å². The Bertz CT molecular complexity index is 933. The van der Waals surface area contributed by atoms with Gasteiger partial charge < -0.3 is 4.98 Å². The molecular formula is C17H13N5. The van der Waals surface area contributed by atoms with Crippen molar-refractivity contribution in [3.8, 4) is 0 Å². The maximum atomic E-state index is 4.41. The fraction of sp³-hybridized carbons (Fsp3) is 0. The third-order valence-corrected chi connectivity index (χ3v) is 3.45. The van der Waals surface area contributed by atoms with Crippen molar-refractivity contribution in [1.29, 1.82) is 0 Å². The molecule has 22 heavy (non-hydrogen) atoms. The number of para-hydroxylation sites is 3. The fourth-order valence-electron chi connectivity index (χ4n) is 2.40. The van der Waals surface area contributed by atoms with Crippen molar-refractivity contribution in [2.45, 2.75) is 0 Å². The molecule has 5 heteroatoms. The molecule has 0 spiro atoms. The minimum absolute atomic E-state index is 0.621. The van der Waals surface area contributed by atoms with Crippen LogP contribution in [0.25, 0.3) is 21.9 Å². The summed E-state index contributed by atoms with van der Waals surface area (Å²) in [5, 5.41) is 5.33. The molecule has 4 aromatic rings. The molecule has 2 N–H and O–H groups in total. The SMILES string of the molecule is C(=N\Nc1nc2ccccc2[nH]1)/c1ccnc2ccccc12. The summed E-state index contributed by atoms with van der Waals surface area (Å²) in [5.74, 6) is 0.621. The van der Waals surface area contributed by atoms with Crippen LogP contribution in [0.2, 0.25) is 0 Å². The number of H-pyrrole nitrogens is 1. The van der Waals surface area contributed by atoms with Gasteiger partial charge in [0.05, 0.1) is 22.8 Å². The molecule has 0 saturated heterocycles. The maximum absolute atomic E-state index is 4.41. The molecule has 0 aliphatic heterocycles. The van der Waals surface area contributed by atoms with Crippen molar-refractivity contribution in [1.82, 2.24) is 15.0 Å². The van der Waals surface area contributed by atoms with Gasteiger partial charge in [-0.3, -0.25) is 4.98 Å². The van der Waals surface area contributed by atoms with Gasteiger partial charge >= 0.3 is 0 Å². The van der Waals surface area contributed by atoms with Gasteiger partial charge in [0.25, 0.3) is 0 Å². The second-order valence-corrected chi connectivity index (χ2v) is 4.89. The molecule has 4 rings (SSSR count). The summed E-state index contributed by atoms with van der Waals surface area (Å²) in [6, 6.07) is 17.8. The van der Waals surface area contributed by atoms with Crippen molar-refractivity contribution >= 4 is 34.1 Å². The number of rotatable bonds is 3. The predicted molar refractivity (Wildman–Crippen MR) is 89.1 cm³/mol. The van der Waals surface area contributed by atoms with Crippen LogP contribution in [0.5, 0.6) is 0 Å². The zero-order valence-corrected chi connectivity index (χ0v) is 11.7. The lowest BCUT2D eigenvalue weighted by molar-refractivity contribution is 1.21. The van der Waals surface area contributed by atoms with Crippen molar-refractivity contribution in [3.63, 3.8) is 0 Å². The number of anilines is 1. The minimum atomic E-state index is 0.621. The molecular weight excluding hydrogens is 274 g/mol. The normalized spacial score (nSPS) is 11.5. The zero-order chi connectivity index (χ0) is 14.8. The van der Waals surface area contributed by atoms with Crippen LogP contribution in [0.15, 0.2) is 65.9 Å². The number of aromatic amines is 1. The van der Waals surface area contributed by atoms with Gasteiger partial charge in [-0.15, -0.1) is 0 Å². The Hall–Kier alpha value is -3.21. The number of aromatic nitrogens is 3. The van der Waals surface area contributed by atoms with Crippen molar-refractivity contribution in [2.75, 3.05) is 5.43 Å². The van der Waals surface area contributed by atoms with E-state index in [2.05, 4.69) is 25.5 Å². The van der Waals surface area contributed by atoms with Crippen LogP contribution < -0.4 is 5.43 Å². The largest absolute Gasteiger partial charge is 0.323 e. The van der Waals surface area contributed by atoms with Crippen LogP contribution in [-0.2, 0) is 0 Å². The summed E-state index contributed by atoms with van der Waals surface area (Å²) < 4.78 is 0. The highest BCUT2D eigenvalue weighted by molar-refractivity contribution is 5.98. The van der Waals surface area contributed by atoms with Gasteiger partial charge in [-0.1, -0.05) is 30.3 Å². The van der Waals surface area contributed by atoms with Crippen LogP contribution in [-0.4, -0.2) is 21.2 Å². The Morgan fingerprint density at radius 2 is 1.77 bits per heavy atom. The molecule has 0 atom stereocenters. The smallest absolute Gasteiger partial charge is 0.222 e. The predicted octanol–water partition coefficient (Wildman–Crippen LogP) is 3.56. The average molecular weight is 287 g/mol. The maximum Gasteiger partial charge on any atom is 0.222 e. The molecule has 0 radical (unpaired) electrons. The van der Waals surface area contributed by atoms with E-state index in [0.717, 1.165) is 27.5 Å². The van der Waals surface area contributed by atoms with Gasteiger partial charge in [-0.25, -0.2) is 10.4 Å². The third kappa shape index (κ3) is 2.29. The lowest BCUT2D eigenvalue weighted by Gasteiger charge is -2.00. The average Bonchev–Trinajstić information content (AvgIpc) is 2.98. The number of fused-ring (bicyclic) bond motifs is 2. The minimum Gasteiger partial charge on any atom is -0.323 e. The quantitative estimate of drug-likeness (QED) is 0.447. The Labute approximate surface area is 126 Å². The van der Waals surface area contributed by atoms with Crippen LogP contribution in [0.3, 0.4) is 0 Å². The Morgan fingerprint density at radius 3 is 2.68 bits per heavy atom. The van der Waals surface area contributed by atoms with Gasteiger partial charge in [-0.05, 0) is 24.3 Å². The van der Waals surface area contributed by atoms with E-state index < -0.39 is 0 Å². The van der Waals surface area contributed by atoms with E-state index >= 15 is 0 Å². The Balaban J connectivity index is 1.61. The molecule has 5 nitrogen and oxygen atoms in total. The molecule has 0 aliphatic rings. The number of hydrogen-bond donors (Lipinski definition) is 2. The molecule has 2 heterocycles. The van der Waals surface area contributed by atoms with Gasteiger partial charge in [0.15, 0.2) is 0 Å². The highest BCUT2D eigenvalue weighted by Gasteiger charge is 2.00. The van der Waals surface area contributed by atoms with E-state index in [1.165, 1.54) is 0 Å². The van der Waals surface area contributed by atoms with Gasteiger partial charge in [0.1, 0.15) is 0 Å². The van der Waals surface area contributed by atoms with Crippen LogP contribution in [0.4, 0.5) is 5.95 Å². The topological polar surface area (TPSA) is 66.0 Å². The first-order chi connectivity index (χ1) is 10.9. The molecule has 0 unspecified atom stereocenters. The van der Waals surface area contributed by atoms with Gasteiger partial charge in [0, 0.05) is 17.1 Å². The Kier molecular flexibility index (Phi) is 3.01. The molecule has 2 aromatic carbocycles.